The zero-order valence-electron chi connectivity index (χ0n) is 25.0. The zero-order valence-corrected chi connectivity index (χ0v) is 26.7. The number of H-pyrrole nitrogens is 1. The second-order valence-corrected chi connectivity index (χ2v) is 11.5. The minimum Gasteiger partial charge on any atom is -0.487 e. The normalized spacial score (nSPS) is 13.6. The van der Waals surface area contributed by atoms with E-state index in [1.54, 1.807) is 22.8 Å². The van der Waals surface area contributed by atoms with Crippen LogP contribution in [0.4, 0.5) is 0 Å². The Morgan fingerprint density at radius 2 is 1.68 bits per heavy atom. The van der Waals surface area contributed by atoms with Crippen LogP contribution in [0.2, 0.25) is 0 Å². The average molecular weight is 658 g/mol. The Morgan fingerprint density at radius 1 is 0.955 bits per heavy atom. The maximum atomic E-state index is 14.1. The van der Waals surface area contributed by atoms with Gasteiger partial charge in [0.2, 0.25) is 0 Å². The van der Waals surface area contributed by atoms with Gasteiger partial charge in [-0.25, -0.2) is 9.78 Å². The number of aromatic nitrogens is 4. The first-order valence-electron chi connectivity index (χ1n) is 14.4. The molecule has 1 N–H and O–H groups in total. The van der Waals surface area contributed by atoms with Crippen LogP contribution in [0.1, 0.15) is 66.6 Å². The standard InChI is InChI=1S/C34H32N4O5.BrH/c1-5-8-28-26(17-21-11-13-22(14-12-21)24-9-6-7-10-25(24)31-36-33(41)43-37-31)32(40)38(20(2)35-28)23-15-16-30-27(18-23)29(39)19-34(3,4)42-30;/h6-7,9-16,18H,5,8,17,19H2,1-4H3,(H,36,37,41);1H. The fourth-order valence-electron chi connectivity index (χ4n) is 5.72. The van der Waals surface area contributed by atoms with Gasteiger partial charge in [0.1, 0.15) is 17.2 Å². The van der Waals surface area contributed by atoms with Crippen molar-refractivity contribution in [2.75, 3.05) is 0 Å². The number of ketones is 1. The molecule has 3 heterocycles. The van der Waals surface area contributed by atoms with Gasteiger partial charge in [0.15, 0.2) is 11.6 Å². The Balaban J connectivity index is 0.00000384. The van der Waals surface area contributed by atoms with Gasteiger partial charge in [0, 0.05) is 17.5 Å². The van der Waals surface area contributed by atoms with E-state index in [1.807, 2.05) is 69.3 Å². The SMILES string of the molecule is Br.CCCc1nc(C)n(-c2ccc3c(c2)C(=O)CC(C)(C)O3)c(=O)c1Cc1ccc(-c2ccccc2-c2noc(=O)[nH]2)cc1. The fourth-order valence-corrected chi connectivity index (χ4v) is 5.72. The molecule has 6 rings (SSSR count). The molecule has 1 aliphatic heterocycles. The minimum atomic E-state index is -0.611. The van der Waals surface area contributed by atoms with Crippen molar-refractivity contribution in [3.63, 3.8) is 0 Å². The van der Waals surface area contributed by atoms with Gasteiger partial charge in [0.25, 0.3) is 5.56 Å². The summed E-state index contributed by atoms with van der Waals surface area (Å²) in [5.74, 6) is 0.840. The van der Waals surface area contributed by atoms with E-state index in [0.29, 0.717) is 47.1 Å². The number of hydrogen-bond donors (Lipinski definition) is 1. The fraction of sp³-hybridized carbons (Fsp3) is 0.265. The summed E-state index contributed by atoms with van der Waals surface area (Å²) in [6, 6.07) is 20.9. The maximum Gasteiger partial charge on any atom is 0.439 e. The molecule has 0 saturated heterocycles. The van der Waals surface area contributed by atoms with Crippen LogP contribution in [-0.4, -0.2) is 31.1 Å². The van der Waals surface area contributed by atoms with Crippen molar-refractivity contribution in [2.45, 2.75) is 59.0 Å². The Morgan fingerprint density at radius 3 is 2.36 bits per heavy atom. The highest BCUT2D eigenvalue weighted by Crippen LogP contribution is 2.34. The summed E-state index contributed by atoms with van der Waals surface area (Å²) in [5.41, 5.74) is 5.28. The molecule has 44 heavy (non-hydrogen) atoms. The second-order valence-electron chi connectivity index (χ2n) is 11.5. The molecule has 0 aliphatic carbocycles. The van der Waals surface area contributed by atoms with E-state index < -0.39 is 11.4 Å². The molecule has 1 aliphatic rings. The van der Waals surface area contributed by atoms with E-state index in [1.165, 1.54) is 0 Å². The highest BCUT2D eigenvalue weighted by molar-refractivity contribution is 8.93. The van der Waals surface area contributed by atoms with Gasteiger partial charge in [0.05, 0.1) is 23.4 Å². The number of ether oxygens (including phenoxy) is 1. The van der Waals surface area contributed by atoms with Crippen molar-refractivity contribution in [3.8, 4) is 34.0 Å². The third-order valence-electron chi connectivity index (χ3n) is 7.68. The first-order chi connectivity index (χ1) is 20.6. The molecule has 0 spiro atoms. The van der Waals surface area contributed by atoms with Crippen LogP contribution in [0.3, 0.4) is 0 Å². The summed E-state index contributed by atoms with van der Waals surface area (Å²) in [7, 11) is 0. The number of nitrogens with one attached hydrogen (secondary N) is 1. The maximum absolute atomic E-state index is 14.1. The van der Waals surface area contributed by atoms with Crippen LogP contribution in [0.5, 0.6) is 5.75 Å². The number of halogens is 1. The summed E-state index contributed by atoms with van der Waals surface area (Å²) in [6.07, 6.45) is 2.21. The molecule has 0 atom stereocenters. The van der Waals surface area contributed by atoms with Crippen LogP contribution in [-0.2, 0) is 12.8 Å². The van der Waals surface area contributed by atoms with Crippen LogP contribution in [0.15, 0.2) is 80.8 Å². The average Bonchev–Trinajstić information content (AvgIpc) is 3.41. The van der Waals surface area contributed by atoms with E-state index in [9.17, 15) is 14.4 Å². The third kappa shape index (κ3) is 5.94. The zero-order chi connectivity index (χ0) is 30.3. The minimum absolute atomic E-state index is 0. The number of carbonyl (C=O) groups excluding carboxylic acids is 1. The van der Waals surface area contributed by atoms with Crippen LogP contribution >= 0.6 is 17.0 Å². The molecule has 5 aromatic rings. The lowest BCUT2D eigenvalue weighted by Crippen LogP contribution is -2.36. The van der Waals surface area contributed by atoms with Crippen molar-refractivity contribution >= 4 is 22.8 Å². The molecule has 226 valence electrons. The van der Waals surface area contributed by atoms with Gasteiger partial charge in [-0.1, -0.05) is 67.0 Å². The number of hydrogen-bond acceptors (Lipinski definition) is 7. The molecule has 10 heteroatoms. The lowest BCUT2D eigenvalue weighted by Gasteiger charge is -2.31. The van der Waals surface area contributed by atoms with Gasteiger partial charge >= 0.3 is 5.76 Å². The quantitative estimate of drug-likeness (QED) is 0.215. The highest BCUT2D eigenvalue weighted by atomic mass is 79.9. The number of aryl methyl sites for hydroxylation is 2. The molecule has 9 nitrogen and oxygen atoms in total. The van der Waals surface area contributed by atoms with E-state index in [2.05, 4.69) is 17.1 Å². The molecule has 0 fully saturated rings. The van der Waals surface area contributed by atoms with Gasteiger partial charge < -0.3 is 4.74 Å². The Bertz CT molecular complexity index is 1970. The van der Waals surface area contributed by atoms with Gasteiger partial charge in [-0.15, -0.1) is 17.0 Å². The van der Waals surface area contributed by atoms with Crippen LogP contribution in [0, 0.1) is 6.92 Å². The predicted molar refractivity (Wildman–Crippen MR) is 173 cm³/mol. The van der Waals surface area contributed by atoms with Crippen molar-refractivity contribution in [2.24, 2.45) is 0 Å². The lowest BCUT2D eigenvalue weighted by molar-refractivity contribution is 0.0620. The molecular formula is C34H33BrN4O5. The Hall–Kier alpha value is -4.57. The first-order valence-corrected chi connectivity index (χ1v) is 14.4. The van der Waals surface area contributed by atoms with Crippen LogP contribution < -0.4 is 16.1 Å². The molecule has 0 radical (unpaired) electrons. The summed E-state index contributed by atoms with van der Waals surface area (Å²) >= 11 is 0. The number of rotatable bonds is 7. The number of aromatic amines is 1. The first kappa shape index (κ1) is 30.9. The molecule has 0 bridgehead atoms. The molecule has 0 unspecified atom stereocenters. The van der Waals surface area contributed by atoms with E-state index in [-0.39, 0.29) is 34.7 Å². The number of carbonyl (C=O) groups is 1. The lowest BCUT2D eigenvalue weighted by atomic mass is 9.93. The topological polar surface area (TPSA) is 120 Å². The van der Waals surface area contributed by atoms with E-state index in [4.69, 9.17) is 14.2 Å². The van der Waals surface area contributed by atoms with Crippen LogP contribution in [0.25, 0.3) is 28.2 Å². The molecular weight excluding hydrogens is 624 g/mol. The van der Waals surface area contributed by atoms with Crippen molar-refractivity contribution in [3.05, 3.63) is 116 Å². The number of Topliss-reactive ketones (excluding diaryl/α,β-unsaturated/α-hetero) is 1. The molecule has 0 saturated carbocycles. The summed E-state index contributed by atoms with van der Waals surface area (Å²) in [6.45, 7) is 7.67. The van der Waals surface area contributed by atoms with Crippen molar-refractivity contribution in [1.29, 1.82) is 0 Å². The number of nitrogens with zero attached hydrogens (tertiary/aromatic N) is 3. The van der Waals surface area contributed by atoms with Gasteiger partial charge in [-0.05, 0) is 62.1 Å². The monoisotopic (exact) mass is 656 g/mol. The third-order valence-corrected chi connectivity index (χ3v) is 7.68. The highest BCUT2D eigenvalue weighted by Gasteiger charge is 2.33. The van der Waals surface area contributed by atoms with Gasteiger partial charge in [-0.3, -0.25) is 23.7 Å². The van der Waals surface area contributed by atoms with Crippen molar-refractivity contribution in [1.82, 2.24) is 19.7 Å². The predicted octanol–water partition coefficient (Wildman–Crippen LogP) is 6.42. The van der Waals surface area contributed by atoms with E-state index in [0.717, 1.165) is 34.4 Å². The summed E-state index contributed by atoms with van der Waals surface area (Å²) in [4.78, 5) is 46.0. The molecule has 3 aromatic carbocycles. The largest absolute Gasteiger partial charge is 0.487 e. The summed E-state index contributed by atoms with van der Waals surface area (Å²) in [5, 5.41) is 3.84. The Kier molecular flexibility index (Phi) is 8.56. The number of fused-ring (bicyclic) bond motifs is 1. The molecule has 0 amide bonds. The summed E-state index contributed by atoms with van der Waals surface area (Å²) < 4.78 is 12.3. The van der Waals surface area contributed by atoms with E-state index >= 15 is 0 Å². The van der Waals surface area contributed by atoms with Gasteiger partial charge in [-0.2, -0.15) is 0 Å². The Labute approximate surface area is 264 Å². The van der Waals surface area contributed by atoms with Crippen molar-refractivity contribution < 1.29 is 14.1 Å². The second kappa shape index (κ2) is 12.2. The smallest absolute Gasteiger partial charge is 0.439 e. The number of benzene rings is 3. The molecule has 2 aromatic heterocycles.